The normalized spacial score (nSPS) is 21.3. The quantitative estimate of drug-likeness (QED) is 0.818. The molecule has 0 aromatic heterocycles. The molecule has 6 heteroatoms. The number of nitrogens with zero attached hydrogens (tertiary/aromatic N) is 1. The molecule has 2 heterocycles. The minimum atomic E-state index is -0.470. The van der Waals surface area contributed by atoms with Crippen LogP contribution in [0.4, 0.5) is 11.4 Å². The Labute approximate surface area is 157 Å². The maximum atomic E-state index is 13.0. The number of ether oxygens (including phenoxy) is 2. The molecule has 0 radical (unpaired) electrons. The summed E-state index contributed by atoms with van der Waals surface area (Å²) in [4.78, 5) is 14.7. The van der Waals surface area contributed by atoms with E-state index in [1.807, 2.05) is 43.3 Å². The van der Waals surface area contributed by atoms with Crippen LogP contribution in [0.2, 0.25) is 0 Å². The molecule has 1 fully saturated rings. The van der Waals surface area contributed by atoms with E-state index in [-0.39, 0.29) is 11.6 Å². The molecular weight excluding hydrogens is 342 g/mol. The Balaban J connectivity index is 1.75. The fraction of sp³-hybridized carbons (Fsp3) is 0.238. The average Bonchev–Trinajstić information content (AvgIpc) is 3.19. The number of fused-ring (bicyclic) bond motifs is 1. The van der Waals surface area contributed by atoms with Crippen LogP contribution < -0.4 is 19.7 Å². The second-order valence-electron chi connectivity index (χ2n) is 6.64. The van der Waals surface area contributed by atoms with Crippen molar-refractivity contribution in [1.82, 2.24) is 0 Å². The van der Waals surface area contributed by atoms with Gasteiger partial charge < -0.3 is 19.7 Å². The number of methoxy groups -OCH3 is 2. The van der Waals surface area contributed by atoms with E-state index in [1.165, 1.54) is 0 Å². The summed E-state index contributed by atoms with van der Waals surface area (Å²) in [5, 5.41) is 12.0. The van der Waals surface area contributed by atoms with Crippen LogP contribution in [0.15, 0.2) is 53.7 Å². The number of rotatable bonds is 3. The Hall–Kier alpha value is -3.28. The van der Waals surface area contributed by atoms with Gasteiger partial charge in [-0.2, -0.15) is 0 Å². The lowest BCUT2D eigenvalue weighted by molar-refractivity contribution is -0.115. The van der Waals surface area contributed by atoms with Crippen LogP contribution in [-0.4, -0.2) is 31.9 Å². The summed E-state index contributed by atoms with van der Waals surface area (Å²) in [5.74, 6) is 1.36. The van der Waals surface area contributed by atoms with Crippen LogP contribution in [-0.2, 0) is 11.2 Å². The van der Waals surface area contributed by atoms with E-state index in [0.29, 0.717) is 29.2 Å². The van der Waals surface area contributed by atoms with Gasteiger partial charge in [0, 0.05) is 36.0 Å². The molecule has 0 amide bonds. The highest BCUT2D eigenvalue weighted by Gasteiger charge is 2.41. The first-order valence-corrected chi connectivity index (χ1v) is 8.77. The number of nitrogens with one attached hydrogen (secondary N) is 2. The third-order valence-electron chi connectivity index (χ3n) is 5.08. The zero-order chi connectivity index (χ0) is 19.1. The number of amidine groups is 1. The van der Waals surface area contributed by atoms with E-state index in [0.717, 1.165) is 16.9 Å². The number of carbonyl (C=O) groups excluding carboxylic acids is 1. The summed E-state index contributed by atoms with van der Waals surface area (Å²) >= 11 is 0. The van der Waals surface area contributed by atoms with Gasteiger partial charge in [0.2, 0.25) is 0 Å². The highest BCUT2D eigenvalue weighted by Crippen LogP contribution is 2.37. The van der Waals surface area contributed by atoms with Gasteiger partial charge in [-0.05, 0) is 18.6 Å². The van der Waals surface area contributed by atoms with E-state index in [2.05, 4.69) is 5.32 Å². The van der Waals surface area contributed by atoms with Gasteiger partial charge in [0.1, 0.15) is 17.3 Å². The van der Waals surface area contributed by atoms with Crippen molar-refractivity contribution in [3.8, 4) is 11.5 Å². The monoisotopic (exact) mass is 363 g/mol. The van der Waals surface area contributed by atoms with Crippen molar-refractivity contribution in [2.24, 2.45) is 0 Å². The van der Waals surface area contributed by atoms with Crippen LogP contribution in [0, 0.1) is 5.41 Å². The van der Waals surface area contributed by atoms with Gasteiger partial charge in [-0.3, -0.25) is 10.2 Å². The molecule has 0 unspecified atom stereocenters. The second kappa shape index (κ2) is 6.46. The molecule has 0 spiro atoms. The summed E-state index contributed by atoms with van der Waals surface area (Å²) in [6, 6.07) is 12.9. The van der Waals surface area contributed by atoms with Gasteiger partial charge in [-0.15, -0.1) is 0 Å². The Morgan fingerprint density at radius 2 is 1.78 bits per heavy atom. The number of ketones is 1. The van der Waals surface area contributed by atoms with Crippen molar-refractivity contribution < 1.29 is 14.3 Å². The van der Waals surface area contributed by atoms with Gasteiger partial charge in [-0.1, -0.05) is 18.2 Å². The van der Waals surface area contributed by atoms with Crippen LogP contribution in [0.25, 0.3) is 0 Å². The van der Waals surface area contributed by atoms with Gasteiger partial charge in [0.05, 0.1) is 31.5 Å². The molecule has 2 aliphatic heterocycles. The highest BCUT2D eigenvalue weighted by atomic mass is 16.5. The van der Waals surface area contributed by atoms with Crippen molar-refractivity contribution in [1.29, 1.82) is 5.41 Å². The van der Waals surface area contributed by atoms with E-state index >= 15 is 0 Å². The molecule has 0 bridgehead atoms. The Morgan fingerprint density at radius 1 is 1.11 bits per heavy atom. The Bertz CT molecular complexity index is 931. The molecular formula is C21H21N3O3. The Morgan fingerprint density at radius 3 is 2.41 bits per heavy atom. The van der Waals surface area contributed by atoms with Crippen molar-refractivity contribution in [2.45, 2.75) is 19.4 Å². The SMILES string of the molecule is COc1cc(OC)cc(N2C(=N)C(=C3Cc4ccccc4N3)C(=O)[C@H]2C)c1. The lowest BCUT2D eigenvalue weighted by Gasteiger charge is -2.23. The summed E-state index contributed by atoms with van der Waals surface area (Å²) in [6.07, 6.45) is 0.627. The maximum absolute atomic E-state index is 13.0. The zero-order valence-corrected chi connectivity index (χ0v) is 15.5. The van der Waals surface area contributed by atoms with Crippen molar-refractivity contribution >= 4 is 23.0 Å². The average molecular weight is 363 g/mol. The van der Waals surface area contributed by atoms with E-state index in [1.54, 1.807) is 25.2 Å². The number of anilines is 2. The van der Waals surface area contributed by atoms with Gasteiger partial charge in [0.25, 0.3) is 0 Å². The molecule has 2 aromatic carbocycles. The topological polar surface area (TPSA) is 74.7 Å². The molecule has 1 saturated heterocycles. The molecule has 6 nitrogen and oxygen atoms in total. The van der Waals surface area contributed by atoms with Crippen LogP contribution in [0.3, 0.4) is 0 Å². The summed E-state index contributed by atoms with van der Waals surface area (Å²) in [7, 11) is 3.16. The predicted molar refractivity (Wildman–Crippen MR) is 105 cm³/mol. The summed E-state index contributed by atoms with van der Waals surface area (Å²) in [5.41, 5.74) is 4.06. The first kappa shape index (κ1) is 17.1. The third-order valence-corrected chi connectivity index (χ3v) is 5.08. The molecule has 0 saturated carbocycles. The number of Topliss-reactive ketones (excluding diaryl/α,β-unsaturated/α-hetero) is 1. The summed E-state index contributed by atoms with van der Waals surface area (Å²) < 4.78 is 10.7. The molecule has 27 heavy (non-hydrogen) atoms. The lowest BCUT2D eigenvalue weighted by Crippen LogP contribution is -2.32. The number of hydrogen-bond acceptors (Lipinski definition) is 5. The fourth-order valence-corrected chi connectivity index (χ4v) is 3.68. The predicted octanol–water partition coefficient (Wildman–Crippen LogP) is 3.38. The molecule has 2 aliphatic rings. The minimum Gasteiger partial charge on any atom is -0.497 e. The molecule has 2 aromatic rings. The number of para-hydroxylation sites is 1. The molecule has 4 rings (SSSR count). The number of benzene rings is 2. The van der Waals surface area contributed by atoms with Gasteiger partial charge in [0.15, 0.2) is 5.78 Å². The fourth-order valence-electron chi connectivity index (χ4n) is 3.68. The molecule has 2 N–H and O–H groups in total. The lowest BCUT2D eigenvalue weighted by atomic mass is 10.1. The highest BCUT2D eigenvalue weighted by molar-refractivity contribution is 6.35. The van der Waals surface area contributed by atoms with Crippen LogP contribution >= 0.6 is 0 Å². The van der Waals surface area contributed by atoms with Crippen LogP contribution in [0.1, 0.15) is 12.5 Å². The van der Waals surface area contributed by atoms with E-state index in [4.69, 9.17) is 14.9 Å². The number of hydrogen-bond donors (Lipinski definition) is 2. The first-order valence-electron chi connectivity index (χ1n) is 8.77. The molecule has 1 atom stereocenters. The minimum absolute atomic E-state index is 0.0582. The van der Waals surface area contributed by atoms with E-state index in [9.17, 15) is 4.79 Å². The third kappa shape index (κ3) is 2.73. The largest absolute Gasteiger partial charge is 0.497 e. The standard InChI is InChI=1S/C21H21N3O3/c1-12-20(25)19(18-8-13-6-4-5-7-17(13)23-18)21(22)24(12)14-9-15(26-2)11-16(10-14)27-3/h4-7,9-12,22-23H,8H2,1-3H3/t12-/m1/s1. The van der Waals surface area contributed by atoms with E-state index < -0.39 is 6.04 Å². The first-order chi connectivity index (χ1) is 13.0. The molecule has 138 valence electrons. The van der Waals surface area contributed by atoms with Crippen LogP contribution in [0.5, 0.6) is 11.5 Å². The summed E-state index contributed by atoms with van der Waals surface area (Å²) in [6.45, 7) is 1.82. The van der Waals surface area contributed by atoms with Crippen molar-refractivity contribution in [2.75, 3.05) is 24.4 Å². The number of allylic oxidation sites excluding steroid dienone is 1. The van der Waals surface area contributed by atoms with Gasteiger partial charge in [-0.25, -0.2) is 0 Å². The van der Waals surface area contributed by atoms with Crippen molar-refractivity contribution in [3.63, 3.8) is 0 Å². The zero-order valence-electron chi connectivity index (χ0n) is 15.5. The Kier molecular flexibility index (Phi) is 4.11. The second-order valence-corrected chi connectivity index (χ2v) is 6.64. The maximum Gasteiger partial charge on any atom is 0.190 e. The van der Waals surface area contributed by atoms with Crippen molar-refractivity contribution in [3.05, 3.63) is 59.3 Å². The number of carbonyl (C=O) groups is 1. The molecule has 0 aliphatic carbocycles. The smallest absolute Gasteiger partial charge is 0.190 e. The van der Waals surface area contributed by atoms with Gasteiger partial charge >= 0.3 is 0 Å².